The first-order valence-corrected chi connectivity index (χ1v) is 9.63. The lowest BCUT2D eigenvalue weighted by Gasteiger charge is -2.33. The van der Waals surface area contributed by atoms with Crippen LogP contribution >= 0.6 is 24.0 Å². The normalized spacial score (nSPS) is 16.4. The minimum atomic E-state index is 0. The van der Waals surface area contributed by atoms with Crippen LogP contribution in [0.2, 0.25) is 0 Å². The summed E-state index contributed by atoms with van der Waals surface area (Å²) in [7, 11) is 4.22. The van der Waals surface area contributed by atoms with Gasteiger partial charge in [0, 0.05) is 38.8 Å². The summed E-state index contributed by atoms with van der Waals surface area (Å²) in [5.41, 5.74) is 1.41. The van der Waals surface area contributed by atoms with Gasteiger partial charge in [-0.05, 0) is 52.4 Å². The smallest absolute Gasteiger partial charge is 0.191 e. The number of rotatable bonds is 8. The molecule has 148 valence electrons. The molecule has 0 aromatic heterocycles. The third-order valence-corrected chi connectivity index (χ3v) is 4.56. The van der Waals surface area contributed by atoms with Gasteiger partial charge in [-0.3, -0.25) is 9.89 Å². The van der Waals surface area contributed by atoms with Crippen LogP contribution in [0.4, 0.5) is 0 Å². The van der Waals surface area contributed by atoms with Gasteiger partial charge >= 0.3 is 0 Å². The summed E-state index contributed by atoms with van der Waals surface area (Å²) in [6.45, 7) is 8.35. The Balaban J connectivity index is 0.00000338. The fraction of sp³-hybridized carbons (Fsp3) is 0.650. The topological polar surface area (TPSA) is 42.9 Å². The Hall–Kier alpha value is -0.860. The van der Waals surface area contributed by atoms with Gasteiger partial charge < -0.3 is 15.5 Å². The molecular weight excluding hydrogens is 437 g/mol. The molecule has 6 heteroatoms. The summed E-state index contributed by atoms with van der Waals surface area (Å²) in [4.78, 5) is 9.48. The van der Waals surface area contributed by atoms with E-state index in [-0.39, 0.29) is 24.0 Å². The number of piperidine rings is 1. The largest absolute Gasteiger partial charge is 0.357 e. The van der Waals surface area contributed by atoms with Crippen LogP contribution < -0.4 is 10.6 Å². The van der Waals surface area contributed by atoms with Crippen molar-refractivity contribution < 1.29 is 0 Å². The maximum Gasteiger partial charge on any atom is 0.191 e. The molecule has 1 saturated heterocycles. The highest BCUT2D eigenvalue weighted by Gasteiger charge is 2.19. The van der Waals surface area contributed by atoms with Crippen LogP contribution in [0.5, 0.6) is 0 Å². The third kappa shape index (κ3) is 9.19. The molecule has 2 rings (SSSR count). The summed E-state index contributed by atoms with van der Waals surface area (Å²) in [6.07, 6.45) is 3.45. The summed E-state index contributed by atoms with van der Waals surface area (Å²) in [5.74, 6) is 0.975. The SMILES string of the molecule is CCNC(=NCCCN(C)C)NC1CCN(Cc2ccccc2)CC1.I. The van der Waals surface area contributed by atoms with E-state index in [9.17, 15) is 0 Å². The van der Waals surface area contributed by atoms with Crippen molar-refractivity contribution in [2.24, 2.45) is 4.99 Å². The second-order valence-electron chi connectivity index (χ2n) is 7.10. The Kier molecular flexibility index (Phi) is 11.9. The summed E-state index contributed by atoms with van der Waals surface area (Å²) < 4.78 is 0. The fourth-order valence-electron chi connectivity index (χ4n) is 3.17. The second kappa shape index (κ2) is 13.3. The van der Waals surface area contributed by atoms with Gasteiger partial charge in [0.05, 0.1) is 0 Å². The standard InChI is InChI=1S/C20H35N5.HI/c1-4-21-20(22-13-8-14-24(2)3)23-19-11-15-25(16-12-19)17-18-9-6-5-7-10-18;/h5-7,9-10,19H,4,8,11-17H2,1-3H3,(H2,21,22,23);1H. The van der Waals surface area contributed by atoms with E-state index in [2.05, 4.69) is 71.8 Å². The van der Waals surface area contributed by atoms with E-state index in [1.54, 1.807) is 0 Å². The Morgan fingerprint density at radius 2 is 1.88 bits per heavy atom. The van der Waals surface area contributed by atoms with Crippen molar-refractivity contribution in [1.29, 1.82) is 0 Å². The highest BCUT2D eigenvalue weighted by atomic mass is 127. The first-order valence-electron chi connectivity index (χ1n) is 9.63. The monoisotopic (exact) mass is 473 g/mol. The molecule has 0 aliphatic carbocycles. The van der Waals surface area contributed by atoms with Crippen LogP contribution in [0.25, 0.3) is 0 Å². The van der Waals surface area contributed by atoms with E-state index in [4.69, 9.17) is 4.99 Å². The summed E-state index contributed by atoms with van der Waals surface area (Å²) in [6, 6.07) is 11.3. The summed E-state index contributed by atoms with van der Waals surface area (Å²) in [5, 5.41) is 7.01. The molecule has 5 nitrogen and oxygen atoms in total. The molecule has 0 amide bonds. The predicted octanol–water partition coefficient (Wildman–Crippen LogP) is 2.78. The molecule has 1 aromatic carbocycles. The molecule has 1 aliphatic rings. The number of guanidine groups is 1. The number of halogens is 1. The van der Waals surface area contributed by atoms with E-state index in [0.29, 0.717) is 6.04 Å². The Morgan fingerprint density at radius 3 is 2.50 bits per heavy atom. The fourth-order valence-corrected chi connectivity index (χ4v) is 3.17. The van der Waals surface area contributed by atoms with Crippen molar-refractivity contribution in [2.75, 3.05) is 46.8 Å². The molecule has 0 atom stereocenters. The maximum absolute atomic E-state index is 4.72. The maximum atomic E-state index is 4.72. The van der Waals surface area contributed by atoms with Crippen molar-refractivity contribution in [3.8, 4) is 0 Å². The van der Waals surface area contributed by atoms with Crippen LogP contribution in [0.1, 0.15) is 31.7 Å². The zero-order chi connectivity index (χ0) is 17.9. The van der Waals surface area contributed by atoms with Gasteiger partial charge in [0.15, 0.2) is 5.96 Å². The van der Waals surface area contributed by atoms with Crippen LogP contribution in [0, 0.1) is 0 Å². The molecule has 1 heterocycles. The summed E-state index contributed by atoms with van der Waals surface area (Å²) >= 11 is 0. The van der Waals surface area contributed by atoms with Gasteiger partial charge in [-0.25, -0.2) is 0 Å². The molecule has 1 aliphatic heterocycles. The molecule has 1 aromatic rings. The Bertz CT molecular complexity index is 498. The number of hydrogen-bond donors (Lipinski definition) is 2. The number of benzene rings is 1. The lowest BCUT2D eigenvalue weighted by atomic mass is 10.0. The zero-order valence-electron chi connectivity index (χ0n) is 16.6. The van der Waals surface area contributed by atoms with Crippen LogP contribution in [-0.4, -0.2) is 68.6 Å². The van der Waals surface area contributed by atoms with Gasteiger partial charge in [0.2, 0.25) is 0 Å². The first kappa shape index (κ1) is 23.2. The molecule has 0 radical (unpaired) electrons. The van der Waals surface area contributed by atoms with Crippen LogP contribution in [-0.2, 0) is 6.54 Å². The lowest BCUT2D eigenvalue weighted by molar-refractivity contribution is 0.198. The molecule has 0 spiro atoms. The molecule has 0 unspecified atom stereocenters. The van der Waals surface area contributed by atoms with Gasteiger partial charge in [-0.1, -0.05) is 30.3 Å². The minimum absolute atomic E-state index is 0. The molecule has 1 fully saturated rings. The number of aliphatic imine (C=N–C) groups is 1. The quantitative estimate of drug-likeness (QED) is 0.264. The average molecular weight is 473 g/mol. The van der Waals surface area contributed by atoms with Crippen LogP contribution in [0.15, 0.2) is 35.3 Å². The minimum Gasteiger partial charge on any atom is -0.357 e. The highest BCUT2D eigenvalue weighted by Crippen LogP contribution is 2.13. The Morgan fingerprint density at radius 1 is 1.19 bits per heavy atom. The first-order chi connectivity index (χ1) is 12.2. The van der Waals surface area contributed by atoms with Crippen molar-refractivity contribution in [3.05, 3.63) is 35.9 Å². The third-order valence-electron chi connectivity index (χ3n) is 4.56. The molecule has 0 bridgehead atoms. The van der Waals surface area contributed by atoms with Crippen molar-refractivity contribution in [2.45, 2.75) is 38.8 Å². The van der Waals surface area contributed by atoms with E-state index < -0.39 is 0 Å². The number of nitrogens with zero attached hydrogens (tertiary/aromatic N) is 3. The molecule has 0 saturated carbocycles. The van der Waals surface area contributed by atoms with Crippen molar-refractivity contribution in [3.63, 3.8) is 0 Å². The van der Waals surface area contributed by atoms with Gasteiger partial charge in [-0.2, -0.15) is 0 Å². The number of nitrogens with one attached hydrogen (secondary N) is 2. The van der Waals surface area contributed by atoms with E-state index >= 15 is 0 Å². The average Bonchev–Trinajstić information content (AvgIpc) is 2.61. The van der Waals surface area contributed by atoms with E-state index in [1.807, 2.05) is 0 Å². The zero-order valence-corrected chi connectivity index (χ0v) is 18.9. The number of hydrogen-bond acceptors (Lipinski definition) is 3. The molecule has 26 heavy (non-hydrogen) atoms. The van der Waals surface area contributed by atoms with Gasteiger partial charge in [-0.15, -0.1) is 24.0 Å². The predicted molar refractivity (Wildman–Crippen MR) is 122 cm³/mol. The van der Waals surface area contributed by atoms with Crippen molar-refractivity contribution >= 4 is 29.9 Å². The highest BCUT2D eigenvalue weighted by molar-refractivity contribution is 14.0. The van der Waals surface area contributed by atoms with Gasteiger partial charge in [0.1, 0.15) is 0 Å². The van der Waals surface area contributed by atoms with E-state index in [1.165, 1.54) is 18.4 Å². The number of likely N-dealkylation sites (tertiary alicyclic amines) is 1. The van der Waals surface area contributed by atoms with Gasteiger partial charge in [0.25, 0.3) is 0 Å². The Labute approximate surface area is 176 Å². The van der Waals surface area contributed by atoms with E-state index in [0.717, 1.165) is 51.6 Å². The van der Waals surface area contributed by atoms with Crippen molar-refractivity contribution in [1.82, 2.24) is 20.4 Å². The lowest BCUT2D eigenvalue weighted by Crippen LogP contribution is -2.48. The van der Waals surface area contributed by atoms with Crippen LogP contribution in [0.3, 0.4) is 0 Å². The second-order valence-corrected chi connectivity index (χ2v) is 7.10. The molecule has 2 N–H and O–H groups in total. The molecular formula is C20H36IN5.